The minimum absolute atomic E-state index is 0.117. The van der Waals surface area contributed by atoms with Crippen LogP contribution in [0.4, 0.5) is 5.82 Å². The van der Waals surface area contributed by atoms with Gasteiger partial charge >= 0.3 is 0 Å². The van der Waals surface area contributed by atoms with Crippen LogP contribution in [0.15, 0.2) is 11.1 Å². The largest absolute Gasteiger partial charge is 0.381 e. The fourth-order valence-corrected chi connectivity index (χ4v) is 2.19. The van der Waals surface area contributed by atoms with Crippen LogP contribution >= 0.6 is 11.6 Å². The van der Waals surface area contributed by atoms with Gasteiger partial charge in [0.15, 0.2) is 5.82 Å². The Labute approximate surface area is 105 Å². The molecule has 0 aromatic carbocycles. The maximum absolute atomic E-state index is 11.3. The predicted molar refractivity (Wildman–Crippen MR) is 66.5 cm³/mol. The third-order valence-electron chi connectivity index (χ3n) is 3.13. The Morgan fingerprint density at radius 2 is 2.29 bits per heavy atom. The van der Waals surface area contributed by atoms with Gasteiger partial charge in [0, 0.05) is 19.3 Å². The molecule has 1 atom stereocenters. The van der Waals surface area contributed by atoms with Crippen LogP contribution in [-0.4, -0.2) is 29.2 Å². The normalized spacial score (nSPS) is 18.9. The molecular weight excluding hydrogens is 242 g/mol. The van der Waals surface area contributed by atoms with Crippen LogP contribution in [0.2, 0.25) is 5.02 Å². The number of nitrogens with zero attached hydrogens (tertiary/aromatic N) is 1. The monoisotopic (exact) mass is 257 g/mol. The van der Waals surface area contributed by atoms with Crippen LogP contribution in [0, 0.1) is 5.92 Å². The van der Waals surface area contributed by atoms with Crippen molar-refractivity contribution in [1.29, 1.82) is 0 Å². The molecular formula is C11H16ClN3O2. The molecule has 2 rings (SSSR count). The maximum Gasteiger partial charge on any atom is 0.271 e. The molecule has 0 spiro atoms. The minimum Gasteiger partial charge on any atom is -0.381 e. The van der Waals surface area contributed by atoms with Gasteiger partial charge in [0.25, 0.3) is 5.56 Å². The maximum atomic E-state index is 11.3. The molecule has 0 aliphatic carbocycles. The van der Waals surface area contributed by atoms with Gasteiger partial charge in [-0.3, -0.25) is 4.79 Å². The zero-order valence-corrected chi connectivity index (χ0v) is 10.5. The molecule has 1 aliphatic heterocycles. The van der Waals surface area contributed by atoms with Crippen molar-refractivity contribution in [3.8, 4) is 0 Å². The Morgan fingerprint density at radius 1 is 1.59 bits per heavy atom. The van der Waals surface area contributed by atoms with Gasteiger partial charge in [-0.05, 0) is 25.7 Å². The first-order valence-corrected chi connectivity index (χ1v) is 6.13. The highest BCUT2D eigenvalue weighted by Crippen LogP contribution is 2.22. The molecule has 0 amide bonds. The second kappa shape index (κ2) is 5.51. The smallest absolute Gasteiger partial charge is 0.271 e. The molecule has 0 radical (unpaired) electrons. The number of H-pyrrole nitrogens is 1. The van der Waals surface area contributed by atoms with E-state index in [-0.39, 0.29) is 16.6 Å². The molecule has 0 saturated carbocycles. The molecule has 1 unspecified atom stereocenters. The van der Waals surface area contributed by atoms with Crippen molar-refractivity contribution in [2.24, 2.45) is 5.92 Å². The summed E-state index contributed by atoms with van der Waals surface area (Å²) in [6, 6.07) is 0.227. The summed E-state index contributed by atoms with van der Waals surface area (Å²) in [5.74, 6) is 0.982. The van der Waals surface area contributed by atoms with E-state index in [0.29, 0.717) is 11.7 Å². The van der Waals surface area contributed by atoms with E-state index in [2.05, 4.69) is 22.2 Å². The molecule has 1 aliphatic rings. The van der Waals surface area contributed by atoms with Gasteiger partial charge in [-0.25, -0.2) is 4.98 Å². The SMILES string of the molecule is CC(Nc1nc[nH]c(=O)c1Cl)C1CCOCC1. The molecule has 17 heavy (non-hydrogen) atoms. The molecule has 1 fully saturated rings. The van der Waals surface area contributed by atoms with Gasteiger partial charge in [0.05, 0.1) is 6.33 Å². The van der Waals surface area contributed by atoms with Gasteiger partial charge < -0.3 is 15.0 Å². The van der Waals surface area contributed by atoms with Crippen molar-refractivity contribution in [1.82, 2.24) is 9.97 Å². The molecule has 5 nitrogen and oxygen atoms in total. The average molecular weight is 258 g/mol. The summed E-state index contributed by atoms with van der Waals surface area (Å²) in [4.78, 5) is 17.8. The number of nitrogens with one attached hydrogen (secondary N) is 2. The van der Waals surface area contributed by atoms with Crippen LogP contribution in [0.25, 0.3) is 0 Å². The number of rotatable bonds is 3. The number of halogens is 1. The fraction of sp³-hybridized carbons (Fsp3) is 0.636. The van der Waals surface area contributed by atoms with E-state index < -0.39 is 0 Å². The first kappa shape index (κ1) is 12.4. The highest BCUT2D eigenvalue weighted by atomic mass is 35.5. The van der Waals surface area contributed by atoms with E-state index >= 15 is 0 Å². The highest BCUT2D eigenvalue weighted by Gasteiger charge is 2.21. The zero-order valence-electron chi connectivity index (χ0n) is 9.70. The topological polar surface area (TPSA) is 67.0 Å². The van der Waals surface area contributed by atoms with Crippen molar-refractivity contribution in [2.75, 3.05) is 18.5 Å². The second-order valence-corrected chi connectivity index (χ2v) is 4.66. The molecule has 2 heterocycles. The van der Waals surface area contributed by atoms with Gasteiger partial charge in [-0.1, -0.05) is 11.6 Å². The van der Waals surface area contributed by atoms with Gasteiger partial charge in [-0.2, -0.15) is 0 Å². The van der Waals surface area contributed by atoms with Crippen LogP contribution in [0.5, 0.6) is 0 Å². The third kappa shape index (κ3) is 2.98. The lowest BCUT2D eigenvalue weighted by Gasteiger charge is -2.28. The molecule has 1 aromatic heterocycles. The number of anilines is 1. The lowest BCUT2D eigenvalue weighted by molar-refractivity contribution is 0.0622. The molecule has 1 saturated heterocycles. The molecule has 2 N–H and O–H groups in total. The fourth-order valence-electron chi connectivity index (χ4n) is 2.03. The highest BCUT2D eigenvalue weighted by molar-refractivity contribution is 6.32. The number of ether oxygens (including phenoxy) is 1. The third-order valence-corrected chi connectivity index (χ3v) is 3.48. The van der Waals surface area contributed by atoms with Crippen molar-refractivity contribution < 1.29 is 4.74 Å². The molecule has 6 heteroatoms. The second-order valence-electron chi connectivity index (χ2n) is 4.28. The van der Waals surface area contributed by atoms with Gasteiger partial charge in [0.2, 0.25) is 0 Å². The average Bonchev–Trinajstić information content (AvgIpc) is 2.36. The lowest BCUT2D eigenvalue weighted by Crippen LogP contribution is -2.31. The number of hydrogen-bond acceptors (Lipinski definition) is 4. The van der Waals surface area contributed by atoms with E-state index in [9.17, 15) is 4.79 Å². The van der Waals surface area contributed by atoms with E-state index in [1.54, 1.807) is 0 Å². The number of aromatic amines is 1. The summed E-state index contributed by atoms with van der Waals surface area (Å²) < 4.78 is 5.32. The summed E-state index contributed by atoms with van der Waals surface area (Å²) >= 11 is 5.88. The van der Waals surface area contributed by atoms with E-state index in [1.165, 1.54) is 6.33 Å². The Morgan fingerprint density at radius 3 is 3.00 bits per heavy atom. The number of aromatic nitrogens is 2. The molecule has 94 valence electrons. The van der Waals surface area contributed by atoms with Crippen LogP contribution < -0.4 is 10.9 Å². The zero-order chi connectivity index (χ0) is 12.3. The lowest BCUT2D eigenvalue weighted by atomic mass is 9.93. The Balaban J connectivity index is 2.04. The Bertz CT molecular complexity index is 429. The summed E-state index contributed by atoms with van der Waals surface area (Å²) in [5.41, 5.74) is -0.316. The minimum atomic E-state index is -0.316. The molecule has 1 aromatic rings. The quantitative estimate of drug-likeness (QED) is 0.864. The van der Waals surface area contributed by atoms with Crippen molar-refractivity contribution in [2.45, 2.75) is 25.8 Å². The summed E-state index contributed by atoms with van der Waals surface area (Å²) in [7, 11) is 0. The first-order chi connectivity index (χ1) is 8.18. The molecule has 0 bridgehead atoms. The van der Waals surface area contributed by atoms with Crippen LogP contribution in [0.1, 0.15) is 19.8 Å². The van der Waals surface area contributed by atoms with Crippen molar-refractivity contribution >= 4 is 17.4 Å². The summed E-state index contributed by atoms with van der Waals surface area (Å²) in [6.07, 6.45) is 3.40. The standard InChI is InChI=1S/C11H16ClN3O2/c1-7(8-2-4-17-5-3-8)15-10-9(12)11(16)14-6-13-10/h6-8H,2-5H2,1H3,(H2,13,14,15,16). The Kier molecular flexibility index (Phi) is 4.02. The van der Waals surface area contributed by atoms with E-state index in [4.69, 9.17) is 16.3 Å². The first-order valence-electron chi connectivity index (χ1n) is 5.76. The van der Waals surface area contributed by atoms with Gasteiger partial charge in [0.1, 0.15) is 5.02 Å². The van der Waals surface area contributed by atoms with E-state index in [1.807, 2.05) is 0 Å². The Hall–Kier alpha value is -1.07. The summed E-state index contributed by atoms with van der Waals surface area (Å²) in [6.45, 7) is 3.68. The number of hydrogen-bond donors (Lipinski definition) is 2. The van der Waals surface area contributed by atoms with Crippen molar-refractivity contribution in [3.63, 3.8) is 0 Å². The van der Waals surface area contributed by atoms with Gasteiger partial charge in [-0.15, -0.1) is 0 Å². The van der Waals surface area contributed by atoms with Crippen LogP contribution in [0.3, 0.4) is 0 Å². The van der Waals surface area contributed by atoms with Crippen molar-refractivity contribution in [3.05, 3.63) is 21.7 Å². The summed E-state index contributed by atoms with van der Waals surface area (Å²) in [5, 5.41) is 3.32. The van der Waals surface area contributed by atoms with Crippen LogP contribution in [-0.2, 0) is 4.74 Å². The predicted octanol–water partition coefficient (Wildman–Crippen LogP) is 1.65. The van der Waals surface area contributed by atoms with E-state index in [0.717, 1.165) is 26.1 Å².